The van der Waals surface area contributed by atoms with Crippen molar-refractivity contribution in [2.75, 3.05) is 18.4 Å². The van der Waals surface area contributed by atoms with E-state index in [0.29, 0.717) is 37.9 Å². The quantitative estimate of drug-likeness (QED) is 0.0747. The number of nitrogens with one attached hydrogen (secondary N) is 8. The van der Waals surface area contributed by atoms with E-state index in [-0.39, 0.29) is 48.7 Å². The van der Waals surface area contributed by atoms with Crippen molar-refractivity contribution in [2.24, 2.45) is 17.1 Å². The summed E-state index contributed by atoms with van der Waals surface area (Å²) in [6.45, 7) is 17.4. The number of benzene rings is 1. The van der Waals surface area contributed by atoms with Gasteiger partial charge in [0.2, 0.25) is 23.6 Å². The van der Waals surface area contributed by atoms with Crippen molar-refractivity contribution in [2.45, 2.75) is 137 Å². The van der Waals surface area contributed by atoms with Crippen LogP contribution in [0, 0.1) is 18.3 Å². The Labute approximate surface area is 342 Å². The van der Waals surface area contributed by atoms with Gasteiger partial charge in [0.05, 0.1) is 18.6 Å². The molecule has 0 spiro atoms. The van der Waals surface area contributed by atoms with Gasteiger partial charge in [-0.15, -0.1) is 0 Å². The number of aryl methyl sites for hydroxylation is 1. The van der Waals surface area contributed by atoms with Crippen LogP contribution in [0.25, 0.3) is 0 Å². The molecule has 17 heteroatoms. The van der Waals surface area contributed by atoms with Crippen molar-refractivity contribution < 1.29 is 33.6 Å². The number of aromatic nitrogens is 2. The molecular formula is C41H66N10O7. The van der Waals surface area contributed by atoms with E-state index in [4.69, 9.17) is 5.73 Å². The molecule has 0 fully saturated rings. The average molecular weight is 811 g/mol. The van der Waals surface area contributed by atoms with E-state index >= 15 is 0 Å². The van der Waals surface area contributed by atoms with Gasteiger partial charge in [0.25, 0.3) is 5.91 Å². The van der Waals surface area contributed by atoms with Crippen molar-refractivity contribution in [3.05, 3.63) is 48.0 Å². The zero-order valence-corrected chi connectivity index (χ0v) is 35.6. The third-order valence-electron chi connectivity index (χ3n) is 9.10. The Morgan fingerprint density at radius 1 is 0.741 bits per heavy atom. The van der Waals surface area contributed by atoms with Crippen molar-refractivity contribution in [1.82, 2.24) is 41.9 Å². The number of anilines is 1. The van der Waals surface area contributed by atoms with Gasteiger partial charge in [-0.1, -0.05) is 52.3 Å². The highest BCUT2D eigenvalue weighted by Gasteiger charge is 2.33. The molecule has 10 N–H and O–H groups in total. The molecule has 0 radical (unpaired) electrons. The first-order chi connectivity index (χ1) is 27.1. The van der Waals surface area contributed by atoms with E-state index in [2.05, 4.69) is 47.2 Å². The summed E-state index contributed by atoms with van der Waals surface area (Å²) in [5.74, 6) is -2.87. The minimum atomic E-state index is -1.08. The Kier molecular flexibility index (Phi) is 19.5. The molecule has 0 saturated heterocycles. The van der Waals surface area contributed by atoms with E-state index in [1.165, 1.54) is 12.5 Å². The fourth-order valence-corrected chi connectivity index (χ4v) is 5.97. The highest BCUT2D eigenvalue weighted by Crippen LogP contribution is 2.21. The molecule has 1 aromatic heterocycles. The lowest BCUT2D eigenvalue weighted by atomic mass is 9.84. The first-order valence-electron chi connectivity index (χ1n) is 20.0. The fraction of sp³-hybridized carbons (Fsp3) is 0.610. The Hall–Kier alpha value is -5.32. The zero-order valence-electron chi connectivity index (χ0n) is 35.6. The summed E-state index contributed by atoms with van der Waals surface area (Å²) < 4.78 is 0. The number of hydrogen-bond acceptors (Lipinski definition) is 9. The Morgan fingerprint density at radius 3 is 1.93 bits per heavy atom. The number of hydrogen-bond donors (Lipinski definition) is 9. The lowest BCUT2D eigenvalue weighted by Gasteiger charge is -2.31. The topological polar surface area (TPSA) is 258 Å². The lowest BCUT2D eigenvalue weighted by Crippen LogP contribution is -2.57. The van der Waals surface area contributed by atoms with Gasteiger partial charge < -0.3 is 47.9 Å². The van der Waals surface area contributed by atoms with E-state index < -0.39 is 65.2 Å². The molecule has 322 valence electrons. The van der Waals surface area contributed by atoms with E-state index in [1.54, 1.807) is 26.0 Å². The summed E-state index contributed by atoms with van der Waals surface area (Å²) in [6, 6.07) is 2.79. The normalized spacial score (nSPS) is 13.7. The van der Waals surface area contributed by atoms with Crippen LogP contribution < -0.4 is 43.0 Å². The number of urea groups is 1. The van der Waals surface area contributed by atoms with Crippen LogP contribution in [0.2, 0.25) is 0 Å². The standard InChI is InChI=1S/C41H66N10O7/c1-25(2)33(38(57)49-30(14-12-22-45-39(42)58)35(54)47-27-17-15-26(3)16-18-27)50-36(55)29(48-37(56)31-23-43-24-46-31)13-10-11-21-44-32(52)20-19-28(51-41(7,8)9)34(53)40(4,5)6/h15-18,23-25,28-30,33,51H,10-14,19-22H2,1-9H3,(H,43,46)(H,44,52)(H,47,54)(H,48,56)(H,49,57)(H,50,55)(H3,42,45,58)/t28-,29+,30+,33+/m1/s1. The van der Waals surface area contributed by atoms with E-state index in [1.807, 2.05) is 60.6 Å². The zero-order chi connectivity index (χ0) is 43.6. The fourth-order valence-electron chi connectivity index (χ4n) is 5.97. The van der Waals surface area contributed by atoms with Gasteiger partial charge in [0, 0.05) is 36.2 Å². The maximum Gasteiger partial charge on any atom is 0.312 e. The molecule has 0 aliphatic rings. The third kappa shape index (κ3) is 18.3. The van der Waals surface area contributed by atoms with Crippen molar-refractivity contribution in [3.8, 4) is 0 Å². The highest BCUT2D eigenvalue weighted by atomic mass is 16.2. The molecular weight excluding hydrogens is 745 g/mol. The number of carbonyl (C=O) groups is 7. The monoisotopic (exact) mass is 811 g/mol. The summed E-state index contributed by atoms with van der Waals surface area (Å²) in [5.41, 5.74) is 5.97. The molecule has 17 nitrogen and oxygen atoms in total. The summed E-state index contributed by atoms with van der Waals surface area (Å²) in [5, 5.41) is 19.8. The van der Waals surface area contributed by atoms with Crippen LogP contribution in [0.5, 0.6) is 0 Å². The van der Waals surface area contributed by atoms with Crippen molar-refractivity contribution in [1.29, 1.82) is 0 Å². The summed E-state index contributed by atoms with van der Waals surface area (Å²) in [7, 11) is 0. The third-order valence-corrected chi connectivity index (χ3v) is 9.10. The van der Waals surface area contributed by atoms with Gasteiger partial charge in [-0.2, -0.15) is 0 Å². The average Bonchev–Trinajstić information content (AvgIpc) is 3.68. The molecule has 0 aliphatic heterocycles. The predicted octanol–water partition coefficient (Wildman–Crippen LogP) is 2.97. The Morgan fingerprint density at radius 2 is 1.36 bits per heavy atom. The second-order valence-electron chi connectivity index (χ2n) is 17.0. The Bertz CT molecular complexity index is 1660. The molecule has 2 aromatic rings. The van der Waals surface area contributed by atoms with Gasteiger partial charge in [0.15, 0.2) is 5.78 Å². The number of nitrogens with zero attached hydrogens (tertiary/aromatic N) is 1. The number of Topliss-reactive ketones (excluding diaryl/α,β-unsaturated/α-hetero) is 1. The number of carbonyl (C=O) groups excluding carboxylic acids is 7. The van der Waals surface area contributed by atoms with Gasteiger partial charge in [-0.25, -0.2) is 9.78 Å². The van der Waals surface area contributed by atoms with Gasteiger partial charge in [-0.3, -0.25) is 28.8 Å². The van der Waals surface area contributed by atoms with Crippen LogP contribution in [-0.2, 0) is 24.0 Å². The maximum atomic E-state index is 13.8. The second kappa shape index (κ2) is 23.2. The molecule has 1 aromatic carbocycles. The molecule has 4 atom stereocenters. The SMILES string of the molecule is Cc1ccc(NC(=O)[C@H](CCCNC(N)=O)NC(=O)[C@@H](NC(=O)[C@H](CCCCNC(=O)CC[C@@H](NC(C)(C)C)C(=O)C(C)(C)C)NC(=O)c2cnc[nH]2)C(C)C)cc1. The highest BCUT2D eigenvalue weighted by molar-refractivity contribution is 5.99. The maximum absolute atomic E-state index is 13.8. The molecule has 2 rings (SSSR count). The van der Waals surface area contributed by atoms with Crippen LogP contribution in [0.3, 0.4) is 0 Å². The van der Waals surface area contributed by atoms with Crippen LogP contribution in [-0.4, -0.2) is 94.1 Å². The molecule has 0 saturated carbocycles. The van der Waals surface area contributed by atoms with Gasteiger partial charge in [0.1, 0.15) is 23.8 Å². The number of amides is 7. The summed E-state index contributed by atoms with van der Waals surface area (Å²) in [4.78, 5) is 97.6. The van der Waals surface area contributed by atoms with Crippen LogP contribution in [0.4, 0.5) is 10.5 Å². The molecule has 1 heterocycles. The number of aromatic amines is 1. The number of ketones is 1. The van der Waals surface area contributed by atoms with Crippen molar-refractivity contribution >= 4 is 47.0 Å². The molecule has 0 bridgehead atoms. The smallest absolute Gasteiger partial charge is 0.312 e. The molecule has 58 heavy (non-hydrogen) atoms. The minimum Gasteiger partial charge on any atom is -0.356 e. The van der Waals surface area contributed by atoms with E-state index in [9.17, 15) is 33.6 Å². The summed E-state index contributed by atoms with van der Waals surface area (Å²) >= 11 is 0. The van der Waals surface area contributed by atoms with Gasteiger partial charge in [-0.05, 0) is 84.3 Å². The van der Waals surface area contributed by atoms with Crippen LogP contribution in [0.15, 0.2) is 36.8 Å². The summed E-state index contributed by atoms with van der Waals surface area (Å²) in [6.07, 6.45) is 4.72. The molecule has 0 unspecified atom stereocenters. The van der Waals surface area contributed by atoms with Crippen LogP contribution >= 0.6 is 0 Å². The lowest BCUT2D eigenvalue weighted by molar-refractivity contribution is -0.132. The first kappa shape index (κ1) is 48.8. The van der Waals surface area contributed by atoms with Crippen LogP contribution in [0.1, 0.15) is 116 Å². The number of H-pyrrole nitrogens is 1. The first-order valence-corrected chi connectivity index (χ1v) is 20.0. The predicted molar refractivity (Wildman–Crippen MR) is 222 cm³/mol. The number of imidazole rings is 1. The largest absolute Gasteiger partial charge is 0.356 e. The molecule has 7 amide bonds. The number of rotatable bonds is 23. The Balaban J connectivity index is 2.10. The van der Waals surface area contributed by atoms with Crippen molar-refractivity contribution in [3.63, 3.8) is 0 Å². The minimum absolute atomic E-state index is 0.0342. The number of primary amides is 1. The molecule has 0 aliphatic carbocycles. The number of unbranched alkanes of at least 4 members (excludes halogenated alkanes) is 1. The number of nitrogens with two attached hydrogens (primary N) is 1. The van der Waals surface area contributed by atoms with Gasteiger partial charge >= 0.3 is 6.03 Å². The van der Waals surface area contributed by atoms with E-state index in [0.717, 1.165) is 5.56 Å². The second-order valence-corrected chi connectivity index (χ2v) is 17.0.